The van der Waals surface area contributed by atoms with E-state index in [1.54, 1.807) is 0 Å². The smallest absolute Gasteiger partial charge is 0.0231 e. The van der Waals surface area contributed by atoms with Gasteiger partial charge in [-0.3, -0.25) is 0 Å². The molecule has 0 fully saturated rings. The standard InChI is InChI=1S/C17H30/c1-2-3-4-5-6-7-8-9-10-11-14-17-15-12-13-16-17/h2,12,15,17H,1,3-11,13-14,16H2. The number of allylic oxidation sites excluding steroid dienone is 3. The highest BCUT2D eigenvalue weighted by Gasteiger charge is 2.07. The van der Waals surface area contributed by atoms with Crippen LogP contribution < -0.4 is 0 Å². The van der Waals surface area contributed by atoms with E-state index in [4.69, 9.17) is 0 Å². The highest BCUT2D eigenvalue weighted by atomic mass is 14.1. The molecular formula is C17H30. The number of rotatable bonds is 11. The quantitative estimate of drug-likeness (QED) is 0.302. The van der Waals surface area contributed by atoms with Gasteiger partial charge in [0, 0.05) is 0 Å². The second kappa shape index (κ2) is 10.6. The first-order chi connectivity index (χ1) is 8.43. The van der Waals surface area contributed by atoms with E-state index in [1.165, 1.54) is 77.0 Å². The van der Waals surface area contributed by atoms with E-state index < -0.39 is 0 Å². The van der Waals surface area contributed by atoms with Crippen LogP contribution in [0.4, 0.5) is 0 Å². The molecule has 0 heteroatoms. The van der Waals surface area contributed by atoms with E-state index in [1.807, 2.05) is 6.08 Å². The summed E-state index contributed by atoms with van der Waals surface area (Å²) in [6.07, 6.45) is 23.7. The van der Waals surface area contributed by atoms with E-state index in [0.717, 1.165) is 5.92 Å². The maximum absolute atomic E-state index is 3.76. The van der Waals surface area contributed by atoms with Crippen LogP contribution in [0.5, 0.6) is 0 Å². The van der Waals surface area contributed by atoms with Gasteiger partial charge in [0.15, 0.2) is 0 Å². The van der Waals surface area contributed by atoms with Crippen molar-refractivity contribution < 1.29 is 0 Å². The molecule has 0 N–H and O–H groups in total. The van der Waals surface area contributed by atoms with Crippen molar-refractivity contribution in [2.75, 3.05) is 0 Å². The molecule has 1 aliphatic carbocycles. The van der Waals surface area contributed by atoms with Crippen LogP contribution in [0.3, 0.4) is 0 Å². The highest BCUT2D eigenvalue weighted by Crippen LogP contribution is 2.23. The normalized spacial score (nSPS) is 18.7. The van der Waals surface area contributed by atoms with Crippen molar-refractivity contribution in [2.45, 2.75) is 77.0 Å². The van der Waals surface area contributed by atoms with Crippen LogP contribution in [0.15, 0.2) is 24.8 Å². The van der Waals surface area contributed by atoms with Crippen LogP contribution in [0.25, 0.3) is 0 Å². The Kier molecular flexibility index (Phi) is 9.09. The summed E-state index contributed by atoms with van der Waals surface area (Å²) in [6.45, 7) is 3.76. The second-order valence-corrected chi connectivity index (χ2v) is 5.46. The lowest BCUT2D eigenvalue weighted by atomic mass is 9.99. The molecule has 0 saturated carbocycles. The number of unbranched alkanes of at least 4 members (excludes halogenated alkanes) is 8. The molecule has 0 nitrogen and oxygen atoms in total. The fourth-order valence-electron chi connectivity index (χ4n) is 2.69. The molecule has 0 aromatic rings. The third-order valence-corrected chi connectivity index (χ3v) is 3.85. The molecule has 0 radical (unpaired) electrons. The maximum Gasteiger partial charge on any atom is -0.0231 e. The molecule has 0 aliphatic heterocycles. The zero-order valence-electron chi connectivity index (χ0n) is 11.5. The van der Waals surface area contributed by atoms with Crippen molar-refractivity contribution in [1.29, 1.82) is 0 Å². The van der Waals surface area contributed by atoms with Crippen molar-refractivity contribution in [2.24, 2.45) is 5.92 Å². The topological polar surface area (TPSA) is 0 Å². The first-order valence-electron chi connectivity index (χ1n) is 7.71. The van der Waals surface area contributed by atoms with Crippen LogP contribution in [0.2, 0.25) is 0 Å². The van der Waals surface area contributed by atoms with Crippen LogP contribution >= 0.6 is 0 Å². The third-order valence-electron chi connectivity index (χ3n) is 3.85. The molecule has 0 saturated heterocycles. The van der Waals surface area contributed by atoms with Crippen molar-refractivity contribution in [1.82, 2.24) is 0 Å². The Morgan fingerprint density at radius 2 is 1.59 bits per heavy atom. The van der Waals surface area contributed by atoms with Gasteiger partial charge in [-0.15, -0.1) is 6.58 Å². The molecule has 0 heterocycles. The molecule has 98 valence electrons. The van der Waals surface area contributed by atoms with E-state index in [2.05, 4.69) is 18.7 Å². The molecule has 0 aromatic heterocycles. The predicted octanol–water partition coefficient (Wildman–Crippen LogP) is 6.04. The van der Waals surface area contributed by atoms with Crippen LogP contribution in [-0.2, 0) is 0 Å². The van der Waals surface area contributed by atoms with Crippen LogP contribution in [0, 0.1) is 5.92 Å². The Labute approximate surface area is 108 Å². The molecule has 0 spiro atoms. The van der Waals surface area contributed by atoms with E-state index in [9.17, 15) is 0 Å². The fraction of sp³-hybridized carbons (Fsp3) is 0.765. The summed E-state index contributed by atoms with van der Waals surface area (Å²) in [6, 6.07) is 0. The van der Waals surface area contributed by atoms with Crippen LogP contribution in [-0.4, -0.2) is 0 Å². The molecular weight excluding hydrogens is 204 g/mol. The lowest BCUT2D eigenvalue weighted by molar-refractivity contribution is 0.507. The summed E-state index contributed by atoms with van der Waals surface area (Å²) in [5.74, 6) is 0.925. The monoisotopic (exact) mass is 234 g/mol. The van der Waals surface area contributed by atoms with Gasteiger partial charge in [-0.1, -0.05) is 63.2 Å². The molecule has 0 bridgehead atoms. The van der Waals surface area contributed by atoms with Crippen molar-refractivity contribution in [3.63, 3.8) is 0 Å². The zero-order valence-corrected chi connectivity index (χ0v) is 11.5. The third kappa shape index (κ3) is 8.24. The Balaban J connectivity index is 1.72. The van der Waals surface area contributed by atoms with Crippen molar-refractivity contribution in [3.05, 3.63) is 24.8 Å². The molecule has 1 unspecified atom stereocenters. The van der Waals surface area contributed by atoms with E-state index >= 15 is 0 Å². The molecule has 1 atom stereocenters. The minimum Gasteiger partial charge on any atom is -0.103 e. The number of hydrogen-bond acceptors (Lipinski definition) is 0. The SMILES string of the molecule is C=CCCCCCCCCCCC1C=CCC1. The summed E-state index contributed by atoms with van der Waals surface area (Å²) >= 11 is 0. The zero-order chi connectivity index (χ0) is 12.2. The van der Waals surface area contributed by atoms with Gasteiger partial charge in [0.05, 0.1) is 0 Å². The van der Waals surface area contributed by atoms with Gasteiger partial charge in [0.2, 0.25) is 0 Å². The van der Waals surface area contributed by atoms with Gasteiger partial charge in [0.25, 0.3) is 0 Å². The molecule has 1 rings (SSSR count). The predicted molar refractivity (Wildman–Crippen MR) is 78.2 cm³/mol. The van der Waals surface area contributed by atoms with Gasteiger partial charge in [-0.2, -0.15) is 0 Å². The van der Waals surface area contributed by atoms with Crippen molar-refractivity contribution in [3.8, 4) is 0 Å². The lowest BCUT2D eigenvalue weighted by Crippen LogP contribution is -1.91. The largest absolute Gasteiger partial charge is 0.103 e. The molecule has 1 aliphatic rings. The first-order valence-corrected chi connectivity index (χ1v) is 7.71. The summed E-state index contributed by atoms with van der Waals surface area (Å²) in [5.41, 5.74) is 0. The average Bonchev–Trinajstić information content (AvgIpc) is 2.85. The van der Waals surface area contributed by atoms with E-state index in [0.29, 0.717) is 0 Å². The molecule has 17 heavy (non-hydrogen) atoms. The van der Waals surface area contributed by atoms with Gasteiger partial charge in [-0.25, -0.2) is 0 Å². The Bertz CT molecular complexity index is 202. The van der Waals surface area contributed by atoms with Crippen molar-refractivity contribution >= 4 is 0 Å². The van der Waals surface area contributed by atoms with E-state index in [-0.39, 0.29) is 0 Å². The Morgan fingerprint density at radius 1 is 0.941 bits per heavy atom. The number of hydrogen-bond donors (Lipinski definition) is 0. The summed E-state index contributed by atoms with van der Waals surface area (Å²) in [7, 11) is 0. The molecule has 0 amide bonds. The Hall–Kier alpha value is -0.520. The van der Waals surface area contributed by atoms with Gasteiger partial charge < -0.3 is 0 Å². The fourth-order valence-corrected chi connectivity index (χ4v) is 2.69. The summed E-state index contributed by atoms with van der Waals surface area (Å²) in [5, 5.41) is 0. The van der Waals surface area contributed by atoms with Gasteiger partial charge >= 0.3 is 0 Å². The van der Waals surface area contributed by atoms with Crippen LogP contribution in [0.1, 0.15) is 77.0 Å². The first kappa shape index (κ1) is 14.5. The minimum atomic E-state index is 0.925. The van der Waals surface area contributed by atoms with Gasteiger partial charge in [0.1, 0.15) is 0 Å². The highest BCUT2D eigenvalue weighted by molar-refractivity contribution is 4.95. The second-order valence-electron chi connectivity index (χ2n) is 5.46. The summed E-state index contributed by atoms with van der Waals surface area (Å²) < 4.78 is 0. The Morgan fingerprint density at radius 3 is 2.18 bits per heavy atom. The average molecular weight is 234 g/mol. The lowest BCUT2D eigenvalue weighted by Gasteiger charge is -2.06. The minimum absolute atomic E-state index is 0.925. The summed E-state index contributed by atoms with van der Waals surface area (Å²) in [4.78, 5) is 0. The maximum atomic E-state index is 3.76. The molecule has 0 aromatic carbocycles. The van der Waals surface area contributed by atoms with Gasteiger partial charge in [-0.05, 0) is 38.0 Å².